The van der Waals surface area contributed by atoms with Gasteiger partial charge < -0.3 is 4.74 Å². The summed E-state index contributed by atoms with van der Waals surface area (Å²) >= 11 is 2.85. The molecule has 1 aromatic heterocycles. The molecule has 0 fully saturated rings. The Hall–Kier alpha value is -1.50. The Morgan fingerprint density at radius 3 is 2.25 bits per heavy atom. The summed E-state index contributed by atoms with van der Waals surface area (Å²) in [5, 5.41) is 8.39. The van der Waals surface area contributed by atoms with Gasteiger partial charge >= 0.3 is 12.5 Å². The van der Waals surface area contributed by atoms with Crippen molar-refractivity contribution in [1.29, 1.82) is 5.26 Å². The molecule has 0 aliphatic heterocycles. The molecule has 1 heterocycles. The van der Waals surface area contributed by atoms with Crippen molar-refractivity contribution >= 4 is 15.9 Å². The van der Waals surface area contributed by atoms with Crippen molar-refractivity contribution in [2.45, 2.75) is 24.3 Å². The molecule has 0 radical (unpaired) electrons. The van der Waals surface area contributed by atoms with Crippen molar-refractivity contribution in [2.75, 3.05) is 0 Å². The van der Waals surface area contributed by atoms with E-state index in [-0.39, 0.29) is 11.0 Å². The van der Waals surface area contributed by atoms with E-state index in [1.807, 2.05) is 0 Å². The van der Waals surface area contributed by atoms with Gasteiger partial charge in [0.05, 0.1) is 18.2 Å². The highest BCUT2D eigenvalue weighted by Crippen LogP contribution is 2.40. The maximum atomic E-state index is 12.8. The van der Waals surface area contributed by atoms with Gasteiger partial charge in [0.2, 0.25) is 0 Å². The zero-order chi connectivity index (χ0) is 15.6. The molecule has 0 aliphatic rings. The van der Waals surface area contributed by atoms with Gasteiger partial charge in [-0.05, 0) is 6.07 Å². The van der Waals surface area contributed by atoms with Crippen LogP contribution >= 0.6 is 15.9 Å². The highest BCUT2D eigenvalue weighted by molar-refractivity contribution is 9.08. The number of ether oxygens (including phenoxy) is 1. The molecular formula is C10H5BrF6N2O. The maximum Gasteiger partial charge on any atom is 0.573 e. The second-order valence-corrected chi connectivity index (χ2v) is 4.03. The molecule has 3 nitrogen and oxygen atoms in total. The summed E-state index contributed by atoms with van der Waals surface area (Å²) in [5.74, 6) is -1.49. The average molecular weight is 363 g/mol. The first-order valence-electron chi connectivity index (χ1n) is 4.87. The first kappa shape index (κ1) is 16.6. The summed E-state index contributed by atoms with van der Waals surface area (Å²) in [6.45, 7) is 0. The molecule has 10 heteroatoms. The average Bonchev–Trinajstić information content (AvgIpc) is 2.28. The van der Waals surface area contributed by atoms with E-state index in [0.29, 0.717) is 0 Å². The number of halogens is 7. The fourth-order valence-corrected chi connectivity index (χ4v) is 1.64. The topological polar surface area (TPSA) is 45.9 Å². The van der Waals surface area contributed by atoms with Crippen LogP contribution in [-0.2, 0) is 17.9 Å². The van der Waals surface area contributed by atoms with Gasteiger partial charge in [-0.1, -0.05) is 15.9 Å². The normalized spacial score (nSPS) is 12.1. The number of nitriles is 1. The Labute approximate surface area is 117 Å². The van der Waals surface area contributed by atoms with E-state index in [0.717, 1.165) is 6.07 Å². The molecule has 110 valence electrons. The summed E-state index contributed by atoms with van der Waals surface area (Å²) in [6.07, 6.45) is -11.1. The van der Waals surface area contributed by atoms with Crippen LogP contribution in [-0.4, -0.2) is 11.3 Å². The Morgan fingerprint density at radius 1 is 1.25 bits per heavy atom. The summed E-state index contributed by atoms with van der Waals surface area (Å²) in [7, 11) is 0. The van der Waals surface area contributed by atoms with Gasteiger partial charge in [0, 0.05) is 10.9 Å². The monoisotopic (exact) mass is 362 g/mol. The molecule has 1 rings (SSSR count). The lowest BCUT2D eigenvalue weighted by molar-refractivity contribution is -0.276. The predicted octanol–water partition coefficient (Wildman–Crippen LogP) is 3.96. The number of nitrogens with zero attached hydrogens (tertiary/aromatic N) is 2. The SMILES string of the molecule is N#CCc1cc(CBr)nc(C(F)(F)F)c1OC(F)(F)F. The maximum absolute atomic E-state index is 12.8. The molecule has 0 aliphatic carbocycles. The van der Waals surface area contributed by atoms with E-state index >= 15 is 0 Å². The van der Waals surface area contributed by atoms with Crippen LogP contribution < -0.4 is 4.74 Å². The van der Waals surface area contributed by atoms with Gasteiger partial charge in [-0.2, -0.15) is 18.4 Å². The first-order valence-corrected chi connectivity index (χ1v) is 5.99. The van der Waals surface area contributed by atoms with Crippen LogP contribution in [0, 0.1) is 11.3 Å². The Morgan fingerprint density at radius 2 is 1.85 bits per heavy atom. The van der Waals surface area contributed by atoms with E-state index in [9.17, 15) is 26.3 Å². The van der Waals surface area contributed by atoms with Gasteiger partial charge in [-0.3, -0.25) is 0 Å². The molecule has 20 heavy (non-hydrogen) atoms. The molecule has 0 bridgehead atoms. The number of pyridine rings is 1. The van der Waals surface area contributed by atoms with Crippen LogP contribution in [0.15, 0.2) is 6.07 Å². The lowest BCUT2D eigenvalue weighted by atomic mass is 10.1. The third-order valence-electron chi connectivity index (χ3n) is 2.00. The predicted molar refractivity (Wildman–Crippen MR) is 57.9 cm³/mol. The van der Waals surface area contributed by atoms with Gasteiger partial charge in [-0.15, -0.1) is 13.2 Å². The van der Waals surface area contributed by atoms with Crippen molar-refractivity contribution in [3.63, 3.8) is 0 Å². The number of hydrogen-bond acceptors (Lipinski definition) is 3. The van der Waals surface area contributed by atoms with Crippen molar-refractivity contribution < 1.29 is 31.1 Å². The standard InChI is InChI=1S/C10H5BrF6N2O/c11-4-6-3-5(1-2-18)7(20-10(15,16)17)8(19-6)9(12,13)14/h3H,1,4H2. The van der Waals surface area contributed by atoms with Crippen molar-refractivity contribution in [1.82, 2.24) is 4.98 Å². The molecule has 0 atom stereocenters. The summed E-state index contributed by atoms with van der Waals surface area (Å²) < 4.78 is 78.3. The number of rotatable bonds is 3. The Kier molecular flexibility index (Phi) is 4.86. The lowest BCUT2D eigenvalue weighted by Crippen LogP contribution is -2.22. The fraction of sp³-hybridized carbons (Fsp3) is 0.400. The number of aromatic nitrogens is 1. The van der Waals surface area contributed by atoms with Crippen molar-refractivity contribution in [3.8, 4) is 11.8 Å². The van der Waals surface area contributed by atoms with E-state index < -0.39 is 36.0 Å². The molecule has 0 N–H and O–H groups in total. The van der Waals surface area contributed by atoms with Crippen LogP contribution in [0.3, 0.4) is 0 Å². The van der Waals surface area contributed by atoms with Gasteiger partial charge in [0.1, 0.15) is 0 Å². The summed E-state index contributed by atoms with van der Waals surface area (Å²) in [5.41, 5.74) is -2.49. The van der Waals surface area contributed by atoms with Crippen molar-refractivity contribution in [3.05, 3.63) is 23.0 Å². The fourth-order valence-electron chi connectivity index (χ4n) is 1.35. The van der Waals surface area contributed by atoms with Crippen LogP contribution in [0.2, 0.25) is 0 Å². The van der Waals surface area contributed by atoms with E-state index in [1.54, 1.807) is 0 Å². The summed E-state index contributed by atoms with van der Waals surface area (Å²) in [4.78, 5) is 3.08. The zero-order valence-electron chi connectivity index (χ0n) is 9.44. The molecule has 0 aromatic carbocycles. The smallest absolute Gasteiger partial charge is 0.403 e. The minimum absolute atomic E-state index is 0.110. The first-order chi connectivity index (χ1) is 9.08. The minimum atomic E-state index is -5.32. The van der Waals surface area contributed by atoms with Gasteiger partial charge in [-0.25, -0.2) is 4.98 Å². The van der Waals surface area contributed by atoms with Crippen LogP contribution in [0.4, 0.5) is 26.3 Å². The van der Waals surface area contributed by atoms with E-state index in [4.69, 9.17) is 5.26 Å². The third-order valence-corrected chi connectivity index (χ3v) is 2.57. The Balaban J connectivity index is 3.52. The number of alkyl halides is 7. The highest BCUT2D eigenvalue weighted by atomic mass is 79.9. The van der Waals surface area contributed by atoms with Crippen molar-refractivity contribution in [2.24, 2.45) is 0 Å². The lowest BCUT2D eigenvalue weighted by Gasteiger charge is -2.18. The molecule has 0 unspecified atom stereocenters. The Bertz CT molecular complexity index is 534. The molecular weight excluding hydrogens is 358 g/mol. The second kappa shape index (κ2) is 5.87. The van der Waals surface area contributed by atoms with Crippen LogP contribution in [0.1, 0.15) is 17.0 Å². The second-order valence-electron chi connectivity index (χ2n) is 3.46. The molecule has 0 saturated heterocycles. The van der Waals surface area contributed by atoms with Crippen LogP contribution in [0.25, 0.3) is 0 Å². The highest BCUT2D eigenvalue weighted by Gasteiger charge is 2.42. The van der Waals surface area contributed by atoms with Gasteiger partial charge in [0.15, 0.2) is 11.4 Å². The molecule has 0 saturated carbocycles. The third kappa shape index (κ3) is 4.26. The molecule has 1 aromatic rings. The van der Waals surface area contributed by atoms with E-state index in [1.165, 1.54) is 6.07 Å². The van der Waals surface area contributed by atoms with E-state index in [2.05, 4.69) is 25.7 Å². The molecule has 0 spiro atoms. The summed E-state index contributed by atoms with van der Waals surface area (Å²) in [6, 6.07) is 2.44. The largest absolute Gasteiger partial charge is 0.573 e. The minimum Gasteiger partial charge on any atom is -0.403 e. The number of hydrogen-bond donors (Lipinski definition) is 0. The quantitative estimate of drug-likeness (QED) is 0.603. The van der Waals surface area contributed by atoms with Gasteiger partial charge in [0.25, 0.3) is 0 Å². The van der Waals surface area contributed by atoms with Crippen LogP contribution in [0.5, 0.6) is 5.75 Å². The zero-order valence-corrected chi connectivity index (χ0v) is 11.0. The molecule has 0 amide bonds.